The summed E-state index contributed by atoms with van der Waals surface area (Å²) in [6, 6.07) is 9.48. The van der Waals surface area contributed by atoms with Crippen LogP contribution in [0.4, 0.5) is 20.2 Å². The van der Waals surface area contributed by atoms with Crippen LogP contribution in [0.3, 0.4) is 0 Å². The molecule has 0 amide bonds. The predicted octanol–water partition coefficient (Wildman–Crippen LogP) is 5.27. The summed E-state index contributed by atoms with van der Waals surface area (Å²) in [4.78, 5) is 10.6. The van der Waals surface area contributed by atoms with Crippen LogP contribution >= 0.6 is 15.9 Å². The Kier molecular flexibility index (Phi) is 7.79. The molecule has 2 N–H and O–H groups in total. The Morgan fingerprint density at radius 2 is 1.94 bits per heavy atom. The lowest BCUT2D eigenvalue weighted by atomic mass is 9.99. The highest BCUT2D eigenvalue weighted by atomic mass is 79.9. The monoisotopic (exact) mass is 557 g/mol. The zero-order chi connectivity index (χ0) is 25.1. The van der Waals surface area contributed by atoms with Crippen molar-refractivity contribution >= 4 is 45.6 Å². The van der Waals surface area contributed by atoms with Gasteiger partial charge in [0.2, 0.25) is 0 Å². The van der Waals surface area contributed by atoms with E-state index in [0.29, 0.717) is 23.4 Å². The number of allylic oxidation sites excluding steroid dienone is 1. The van der Waals surface area contributed by atoms with E-state index in [1.165, 1.54) is 18.1 Å². The van der Waals surface area contributed by atoms with Crippen molar-refractivity contribution in [1.82, 2.24) is 5.32 Å². The number of piperazine rings is 1. The molecule has 1 fully saturated rings. The molecule has 6 nitrogen and oxygen atoms in total. The molecule has 2 aliphatic heterocycles. The summed E-state index contributed by atoms with van der Waals surface area (Å²) in [7, 11) is 0. The second-order valence-electron chi connectivity index (χ2n) is 9.36. The molecule has 36 heavy (non-hydrogen) atoms. The Hall–Kier alpha value is -2.62. The summed E-state index contributed by atoms with van der Waals surface area (Å²) in [5, 5.41) is 6.68. The van der Waals surface area contributed by atoms with Crippen LogP contribution in [0.2, 0.25) is 0 Å². The van der Waals surface area contributed by atoms with E-state index in [1.807, 2.05) is 19.1 Å². The zero-order valence-electron chi connectivity index (χ0n) is 20.2. The van der Waals surface area contributed by atoms with E-state index in [0.717, 1.165) is 50.3 Å². The van der Waals surface area contributed by atoms with Crippen LogP contribution < -0.4 is 15.5 Å². The summed E-state index contributed by atoms with van der Waals surface area (Å²) in [6.45, 7) is 5.81. The van der Waals surface area contributed by atoms with Crippen molar-refractivity contribution in [2.45, 2.75) is 43.8 Å². The number of fused-ring (bicyclic) bond motifs is 1. The molecule has 0 spiro atoms. The normalized spacial score (nSPS) is 21.9. The van der Waals surface area contributed by atoms with Crippen LogP contribution in [0.15, 0.2) is 45.9 Å². The number of amidine groups is 1. The Bertz CT molecular complexity index is 1190. The summed E-state index contributed by atoms with van der Waals surface area (Å²) in [5.74, 6) is -0.168. The van der Waals surface area contributed by atoms with Gasteiger partial charge < -0.3 is 20.3 Å². The van der Waals surface area contributed by atoms with Gasteiger partial charge in [0.1, 0.15) is 28.6 Å². The van der Waals surface area contributed by atoms with Crippen molar-refractivity contribution in [2.75, 3.05) is 36.4 Å². The second-order valence-corrected chi connectivity index (χ2v) is 10.3. The Morgan fingerprint density at radius 3 is 2.72 bits per heavy atom. The van der Waals surface area contributed by atoms with E-state index in [9.17, 15) is 4.39 Å². The van der Waals surface area contributed by atoms with E-state index < -0.39 is 12.0 Å². The molecule has 1 aliphatic carbocycles. The fourth-order valence-electron chi connectivity index (χ4n) is 4.78. The quantitative estimate of drug-likeness (QED) is 0.491. The molecular weight excluding hydrogens is 528 g/mol. The molecule has 0 saturated carbocycles. The highest BCUT2D eigenvalue weighted by Gasteiger charge is 2.28. The molecule has 2 unspecified atom stereocenters. The summed E-state index contributed by atoms with van der Waals surface area (Å²) in [5.41, 5.74) is 4.11. The number of benzene rings is 2. The summed E-state index contributed by atoms with van der Waals surface area (Å²) >= 11 is 3.62. The smallest absolute Gasteiger partial charge is 0.170 e. The van der Waals surface area contributed by atoms with Crippen LogP contribution in [-0.2, 0) is 17.8 Å². The average molecular weight is 558 g/mol. The molecule has 0 bridgehead atoms. The Labute approximate surface area is 218 Å². The molecule has 3 aliphatic rings. The third-order valence-electron chi connectivity index (χ3n) is 6.77. The van der Waals surface area contributed by atoms with Crippen LogP contribution in [0.5, 0.6) is 0 Å². The molecule has 0 aromatic heterocycles. The van der Waals surface area contributed by atoms with Crippen molar-refractivity contribution in [3.8, 4) is 0 Å². The van der Waals surface area contributed by atoms with Gasteiger partial charge in [-0.1, -0.05) is 27.6 Å². The number of anilines is 2. The third kappa shape index (κ3) is 5.53. The molecule has 190 valence electrons. The number of nitrogens with zero attached hydrogens (tertiary/aromatic N) is 3. The lowest BCUT2D eigenvalue weighted by Gasteiger charge is -2.29. The van der Waals surface area contributed by atoms with Gasteiger partial charge in [-0.3, -0.25) is 0 Å². The molecule has 2 aromatic carbocycles. The molecular formula is C27H30BrF2N5O. The topological polar surface area (TPSA) is 61.3 Å². The zero-order valence-corrected chi connectivity index (χ0v) is 21.8. The minimum atomic E-state index is -0.635. The number of hydrogen-bond donors (Lipinski definition) is 2. The molecule has 2 heterocycles. The van der Waals surface area contributed by atoms with Crippen molar-refractivity contribution in [1.29, 1.82) is 0 Å². The number of halogens is 3. The van der Waals surface area contributed by atoms with Crippen molar-refractivity contribution in [3.63, 3.8) is 0 Å². The predicted molar refractivity (Wildman–Crippen MR) is 145 cm³/mol. The van der Waals surface area contributed by atoms with Crippen LogP contribution in [0, 0.1) is 11.6 Å². The molecule has 2 aromatic rings. The number of hydrogen-bond acceptors (Lipinski definition) is 6. The van der Waals surface area contributed by atoms with Crippen LogP contribution in [0.1, 0.15) is 36.5 Å². The number of rotatable bonds is 5. The minimum absolute atomic E-state index is 0.0975. The van der Waals surface area contributed by atoms with Crippen LogP contribution in [-0.4, -0.2) is 49.4 Å². The van der Waals surface area contributed by atoms with Gasteiger partial charge in [-0.25, -0.2) is 18.8 Å². The van der Waals surface area contributed by atoms with Crippen molar-refractivity contribution in [2.24, 2.45) is 9.98 Å². The van der Waals surface area contributed by atoms with E-state index in [2.05, 4.69) is 53.6 Å². The second kappa shape index (κ2) is 11.2. The maximum absolute atomic E-state index is 15.3. The lowest BCUT2D eigenvalue weighted by molar-refractivity contribution is 0.0534. The first-order valence-electron chi connectivity index (χ1n) is 12.3. The highest BCUT2D eigenvalue weighted by Crippen LogP contribution is 2.30. The number of aliphatic imine (C=N–C) groups is 2. The first-order chi connectivity index (χ1) is 17.5. The van der Waals surface area contributed by atoms with Gasteiger partial charge in [-0.2, -0.15) is 0 Å². The van der Waals surface area contributed by atoms with Gasteiger partial charge in [-0.05, 0) is 62.1 Å². The van der Waals surface area contributed by atoms with Crippen molar-refractivity contribution in [3.05, 3.63) is 64.2 Å². The van der Waals surface area contributed by atoms with Gasteiger partial charge in [0.25, 0.3) is 0 Å². The highest BCUT2D eigenvalue weighted by molar-refractivity contribution is 9.10. The van der Waals surface area contributed by atoms with Crippen molar-refractivity contribution < 1.29 is 13.5 Å². The van der Waals surface area contributed by atoms with Gasteiger partial charge in [0, 0.05) is 48.7 Å². The van der Waals surface area contributed by atoms with Crippen LogP contribution in [0.25, 0.3) is 6.08 Å². The SMILES string of the molecule is CC1=Cc2c(F)c(COC3N=CN=C(Nc4ccc(N5CCNCC5)cc4)C3Br)cc(F)c2CCC1. The van der Waals surface area contributed by atoms with Gasteiger partial charge in [0.05, 0.1) is 6.61 Å². The third-order valence-corrected chi connectivity index (χ3v) is 7.66. The fourth-order valence-corrected chi connectivity index (χ4v) is 5.30. The van der Waals surface area contributed by atoms with E-state index in [1.54, 1.807) is 6.08 Å². The van der Waals surface area contributed by atoms with E-state index in [4.69, 9.17) is 4.74 Å². The fraction of sp³-hybridized carbons (Fsp3) is 0.407. The van der Waals surface area contributed by atoms with Gasteiger partial charge in [0.15, 0.2) is 6.23 Å². The number of nitrogens with one attached hydrogen (secondary N) is 2. The molecule has 5 rings (SSSR count). The Balaban J connectivity index is 1.23. The number of alkyl halides is 1. The first kappa shape index (κ1) is 25.0. The average Bonchev–Trinajstić information content (AvgIpc) is 3.10. The number of ether oxygens (including phenoxy) is 1. The molecule has 9 heteroatoms. The molecule has 0 radical (unpaired) electrons. The maximum atomic E-state index is 15.3. The first-order valence-corrected chi connectivity index (χ1v) is 13.3. The Morgan fingerprint density at radius 1 is 1.17 bits per heavy atom. The van der Waals surface area contributed by atoms with E-state index in [-0.39, 0.29) is 22.8 Å². The standard InChI is InChI=1S/C27H30BrF2N5O/c1-17-3-2-4-21-22(13-17)25(30)18(14-23(21)29)15-36-27-24(28)26(32-16-33-27)34-19-5-7-20(8-6-19)35-11-9-31-10-12-35/h5-8,13-14,16,24,27,31H,2-4,9-12,15H2,1H3,(H,32,33,34). The minimum Gasteiger partial charge on any atom is -0.369 e. The maximum Gasteiger partial charge on any atom is 0.170 e. The van der Waals surface area contributed by atoms with Gasteiger partial charge in [-0.15, -0.1) is 0 Å². The van der Waals surface area contributed by atoms with E-state index >= 15 is 4.39 Å². The lowest BCUT2D eigenvalue weighted by Crippen LogP contribution is -2.43. The summed E-state index contributed by atoms with van der Waals surface area (Å²) < 4.78 is 36.0. The largest absolute Gasteiger partial charge is 0.369 e. The molecule has 1 saturated heterocycles. The summed E-state index contributed by atoms with van der Waals surface area (Å²) in [6.07, 6.45) is 4.75. The van der Waals surface area contributed by atoms with Gasteiger partial charge >= 0.3 is 0 Å². The molecule has 2 atom stereocenters.